The zero-order chi connectivity index (χ0) is 24.3. The van der Waals surface area contributed by atoms with E-state index >= 15 is 0 Å². The summed E-state index contributed by atoms with van der Waals surface area (Å²) in [5.74, 6) is 0. The summed E-state index contributed by atoms with van der Waals surface area (Å²) in [4.78, 5) is 0. The molecule has 0 unspecified atom stereocenters. The van der Waals surface area contributed by atoms with Gasteiger partial charge in [-0.3, -0.25) is 0 Å². The zero-order valence-corrected chi connectivity index (χ0v) is 25.1. The smallest absolute Gasteiger partial charge is 0.0620 e. The van der Waals surface area contributed by atoms with Gasteiger partial charge in [0.2, 0.25) is 0 Å². The average molecular weight is 667 g/mol. The van der Waals surface area contributed by atoms with E-state index in [0.717, 1.165) is 0 Å². The van der Waals surface area contributed by atoms with E-state index in [-0.39, 0.29) is 0 Å². The summed E-state index contributed by atoms with van der Waals surface area (Å²) >= 11 is 6.00. The van der Waals surface area contributed by atoms with Crippen LogP contribution in [0.3, 0.4) is 0 Å². The van der Waals surface area contributed by atoms with E-state index in [9.17, 15) is 0 Å². The van der Waals surface area contributed by atoms with Crippen LogP contribution in [0.25, 0.3) is 0 Å². The maximum Gasteiger partial charge on any atom is 0.144 e. The average Bonchev–Trinajstić information content (AvgIpc) is 2.93. The van der Waals surface area contributed by atoms with E-state index in [0.29, 0.717) is 0 Å². The number of halogens is 2. The van der Waals surface area contributed by atoms with Crippen molar-refractivity contribution < 1.29 is 10.9 Å². The monoisotopic (exact) mass is 664 g/mol. The van der Waals surface area contributed by atoms with Crippen molar-refractivity contribution in [2.45, 2.75) is 0 Å². The van der Waals surface area contributed by atoms with Crippen LogP contribution in [0, 0.1) is 0 Å². The van der Waals surface area contributed by atoms with Crippen LogP contribution in [-0.4, -0.2) is 0 Å². The quantitative estimate of drug-likeness (QED) is 0.146. The summed E-state index contributed by atoms with van der Waals surface area (Å²) in [6.45, 7) is 0. The molecule has 5 rings (SSSR count). The molecule has 0 saturated carbocycles. The molecule has 0 saturated heterocycles. The van der Waals surface area contributed by atoms with Crippen LogP contribution < -0.4 is 31.8 Å². The number of hydrogen-bond acceptors (Lipinski definition) is 0. The second-order valence-electron chi connectivity index (χ2n) is 7.80. The van der Waals surface area contributed by atoms with E-state index in [1.165, 1.54) is 42.7 Å². The third-order valence-electron chi connectivity index (χ3n) is 5.72. The van der Waals surface area contributed by atoms with Gasteiger partial charge in [-0.15, -0.1) is 0 Å². The minimum atomic E-state index is -1.14. The van der Waals surface area contributed by atoms with Gasteiger partial charge in [-0.05, 0) is 60.7 Å². The van der Waals surface area contributed by atoms with Gasteiger partial charge < -0.3 is 0 Å². The molecule has 0 aliphatic rings. The molecule has 5 aromatic carbocycles. The van der Waals surface area contributed by atoms with Gasteiger partial charge in [0.25, 0.3) is 0 Å². The first-order valence-electron chi connectivity index (χ1n) is 11.2. The van der Waals surface area contributed by atoms with Crippen LogP contribution >= 0.6 is 44.3 Å². The Morgan fingerprint density at radius 1 is 0.343 bits per heavy atom. The Bertz CT molecular complexity index is 1110. The molecule has 35 heavy (non-hydrogen) atoms. The summed E-state index contributed by atoms with van der Waals surface area (Å²) in [7, 11) is -1.03. The third kappa shape index (κ3) is 7.01. The molecule has 0 heterocycles. The molecular formula is C30H26Br2NiP2+2. The predicted molar refractivity (Wildman–Crippen MR) is 164 cm³/mol. The fourth-order valence-corrected chi connectivity index (χ4v) is 10.3. The van der Waals surface area contributed by atoms with E-state index in [1.807, 2.05) is 0 Å². The molecule has 0 aliphatic heterocycles. The molecule has 0 aromatic heterocycles. The second-order valence-corrected chi connectivity index (χ2v) is 17.7. The topological polar surface area (TPSA) is 0 Å². The first-order valence-corrected chi connectivity index (χ1v) is 19.1. The standard InChI is InChI=1S/C30H24P2.2BrH.Ni/c1-5-15-25(16-6-1)31(26-17-7-2-8-18-26)29-23-13-14-24-30(29)32(27-19-9-3-10-20-27)28-21-11-4-12-22-28;;;/h1-24H;2*1H;/q;;;+2. The maximum atomic E-state index is 3.00. The Hall–Kier alpha value is -1.59. The van der Waals surface area contributed by atoms with Crippen molar-refractivity contribution in [1.82, 2.24) is 0 Å². The van der Waals surface area contributed by atoms with Gasteiger partial charge in [-0.2, -0.15) is 0 Å². The summed E-state index contributed by atoms with van der Waals surface area (Å²) in [5, 5.41) is 8.71. The summed E-state index contributed by atoms with van der Waals surface area (Å²) in [6.07, 6.45) is 0. The molecule has 0 N–H and O–H groups in total. The fourth-order valence-electron chi connectivity index (χ4n) is 4.29. The van der Waals surface area contributed by atoms with Crippen molar-refractivity contribution in [3.8, 4) is 0 Å². The van der Waals surface area contributed by atoms with E-state index in [4.69, 9.17) is 0 Å². The van der Waals surface area contributed by atoms with E-state index in [2.05, 4.69) is 174 Å². The molecule has 5 heteroatoms. The Kier molecular flexibility index (Phi) is 10.8. The molecule has 0 spiro atoms. The maximum absolute atomic E-state index is 3.00. The van der Waals surface area contributed by atoms with Crippen LogP contribution in [0.4, 0.5) is 0 Å². The van der Waals surface area contributed by atoms with Crippen LogP contribution in [0.1, 0.15) is 0 Å². The summed E-state index contributed by atoms with van der Waals surface area (Å²) < 4.78 is 0. The Balaban J connectivity index is 0.000000917. The Morgan fingerprint density at radius 2 is 0.543 bits per heavy atom. The van der Waals surface area contributed by atoms with Crippen molar-refractivity contribution in [2.75, 3.05) is 0 Å². The molecule has 0 aliphatic carbocycles. The van der Waals surface area contributed by atoms with E-state index < -0.39 is 15.8 Å². The van der Waals surface area contributed by atoms with Gasteiger partial charge in [0.1, 0.15) is 47.7 Å². The minimum Gasteiger partial charge on any atom is -0.0620 e. The largest absolute Gasteiger partial charge is 0.144 e. The van der Waals surface area contributed by atoms with Crippen LogP contribution in [0.15, 0.2) is 146 Å². The molecule has 178 valence electrons. The van der Waals surface area contributed by atoms with Crippen LogP contribution in [0.5, 0.6) is 0 Å². The summed E-state index contributed by atoms with van der Waals surface area (Å²) in [5.41, 5.74) is 0. The molecule has 0 radical (unpaired) electrons. The summed E-state index contributed by atoms with van der Waals surface area (Å²) in [6, 6.07) is 53.4. The zero-order valence-electron chi connectivity index (χ0n) is 18.9. The van der Waals surface area contributed by atoms with Gasteiger partial charge in [0.05, 0.1) is 0 Å². The Morgan fingerprint density at radius 3 is 0.771 bits per heavy atom. The van der Waals surface area contributed by atoms with Crippen molar-refractivity contribution in [1.29, 1.82) is 0 Å². The molecule has 0 amide bonds. The fraction of sp³-hybridized carbons (Fsp3) is 0. The van der Waals surface area contributed by atoms with Gasteiger partial charge in [0.15, 0.2) is 0 Å². The number of rotatable bonds is 6. The van der Waals surface area contributed by atoms with Gasteiger partial charge in [-0.25, -0.2) is 0 Å². The first kappa shape index (κ1) is 26.5. The Labute approximate surface area is 231 Å². The van der Waals surface area contributed by atoms with Crippen LogP contribution in [-0.2, 0) is 10.9 Å². The molecule has 0 atom stereocenters. The van der Waals surface area contributed by atoms with Crippen molar-refractivity contribution in [3.63, 3.8) is 0 Å². The molecule has 0 nitrogen and oxygen atoms in total. The molecule has 0 fully saturated rings. The normalized spacial score (nSPS) is 10.7. The van der Waals surface area contributed by atoms with Gasteiger partial charge in [0, 0.05) is 0 Å². The minimum absolute atomic E-state index is 1.14. The number of hydrogen-bond donors (Lipinski definition) is 0. The SMILES string of the molecule is [Br][Ni][Br].c1ccc([PH+](c2ccccc2)c2ccccc2[PH+](c2ccccc2)c2ccccc2)cc1. The molecule has 5 aromatic rings. The first-order chi connectivity index (χ1) is 17.3. The number of benzene rings is 5. The van der Waals surface area contributed by atoms with Gasteiger partial charge in [-0.1, -0.05) is 84.9 Å². The molecular weight excluding hydrogens is 641 g/mol. The van der Waals surface area contributed by atoms with Gasteiger partial charge >= 0.3 is 39.3 Å². The molecule has 0 bridgehead atoms. The predicted octanol–water partition coefficient (Wildman–Crippen LogP) is 6.36. The second kappa shape index (κ2) is 14.2. The van der Waals surface area contributed by atoms with Crippen LogP contribution in [0.2, 0.25) is 0 Å². The van der Waals surface area contributed by atoms with Crippen molar-refractivity contribution in [3.05, 3.63) is 146 Å². The third-order valence-corrected chi connectivity index (χ3v) is 11.6. The van der Waals surface area contributed by atoms with E-state index in [1.54, 1.807) is 0 Å². The van der Waals surface area contributed by atoms with Crippen molar-refractivity contribution >= 4 is 76.1 Å². The van der Waals surface area contributed by atoms with Crippen molar-refractivity contribution in [2.24, 2.45) is 0 Å².